The molecule has 4 heterocycles. The number of aromatic nitrogens is 3. The van der Waals surface area contributed by atoms with Gasteiger partial charge in [0.2, 0.25) is 12.7 Å². The van der Waals surface area contributed by atoms with Gasteiger partial charge in [-0.15, -0.1) is 0 Å². The summed E-state index contributed by atoms with van der Waals surface area (Å²) in [7, 11) is 0. The summed E-state index contributed by atoms with van der Waals surface area (Å²) in [4.78, 5) is 39.1. The van der Waals surface area contributed by atoms with Crippen LogP contribution in [0.25, 0.3) is 22.3 Å². The van der Waals surface area contributed by atoms with Crippen LogP contribution < -0.4 is 19.5 Å². The fourth-order valence-electron chi connectivity index (χ4n) is 4.57. The number of benzene rings is 1. The van der Waals surface area contributed by atoms with Crippen molar-refractivity contribution in [3.63, 3.8) is 0 Å². The molecule has 1 fully saturated rings. The molecule has 10 nitrogen and oxygen atoms in total. The summed E-state index contributed by atoms with van der Waals surface area (Å²) in [6.07, 6.45) is 5.90. The first-order chi connectivity index (χ1) is 17.1. The van der Waals surface area contributed by atoms with Gasteiger partial charge in [0, 0.05) is 31.7 Å². The molecule has 0 radical (unpaired) electrons. The smallest absolute Gasteiger partial charge is 0.255 e. The van der Waals surface area contributed by atoms with E-state index in [1.165, 1.54) is 6.33 Å². The van der Waals surface area contributed by atoms with Crippen molar-refractivity contribution in [2.45, 2.75) is 45.6 Å². The Kier molecular flexibility index (Phi) is 6.43. The first-order valence-electron chi connectivity index (χ1n) is 12.1. The second-order valence-corrected chi connectivity index (χ2v) is 8.65. The van der Waals surface area contributed by atoms with Gasteiger partial charge >= 0.3 is 0 Å². The predicted molar refractivity (Wildman–Crippen MR) is 129 cm³/mol. The molecule has 0 atom stereocenters. The van der Waals surface area contributed by atoms with Crippen LogP contribution in [0.3, 0.4) is 0 Å². The van der Waals surface area contributed by atoms with Gasteiger partial charge in [-0.2, -0.15) is 0 Å². The molecule has 184 valence electrons. The molecular weight excluding hydrogens is 450 g/mol. The molecule has 0 aliphatic carbocycles. The van der Waals surface area contributed by atoms with Crippen LogP contribution in [0.4, 0.5) is 0 Å². The molecule has 0 spiro atoms. The highest BCUT2D eigenvalue weighted by Crippen LogP contribution is 2.47. The van der Waals surface area contributed by atoms with Crippen LogP contribution in [-0.2, 0) is 4.79 Å². The third kappa shape index (κ3) is 4.36. The molecule has 1 saturated heterocycles. The number of rotatable bonds is 7. The Morgan fingerprint density at radius 2 is 2.03 bits per heavy atom. The van der Waals surface area contributed by atoms with Gasteiger partial charge in [-0.05, 0) is 31.4 Å². The van der Waals surface area contributed by atoms with E-state index >= 15 is 0 Å². The molecule has 10 heteroatoms. The molecule has 0 unspecified atom stereocenters. The number of nitrogens with zero attached hydrogens (tertiary/aromatic N) is 3. The van der Waals surface area contributed by atoms with Crippen LogP contribution in [0.5, 0.6) is 17.2 Å². The molecule has 0 bridgehead atoms. The monoisotopic (exact) mass is 479 g/mol. The van der Waals surface area contributed by atoms with Gasteiger partial charge in [-0.1, -0.05) is 13.8 Å². The summed E-state index contributed by atoms with van der Waals surface area (Å²) < 4.78 is 17.3. The number of amides is 2. The number of carbonyl (C=O) groups excluding carboxylic acids is 2. The zero-order valence-corrected chi connectivity index (χ0v) is 19.9. The third-order valence-corrected chi connectivity index (χ3v) is 6.39. The summed E-state index contributed by atoms with van der Waals surface area (Å²) in [5.74, 6) is 1.76. The third-order valence-electron chi connectivity index (χ3n) is 6.39. The van der Waals surface area contributed by atoms with Crippen LogP contribution in [0.1, 0.15) is 49.9 Å². The van der Waals surface area contributed by atoms with Crippen molar-refractivity contribution < 1.29 is 23.8 Å². The predicted octanol–water partition coefficient (Wildman–Crippen LogP) is 3.27. The number of fused-ring (bicyclic) bond motifs is 2. The molecule has 35 heavy (non-hydrogen) atoms. The Morgan fingerprint density at radius 1 is 1.20 bits per heavy atom. The number of hydrogen-bond acceptors (Lipinski definition) is 7. The van der Waals surface area contributed by atoms with Crippen molar-refractivity contribution >= 4 is 22.8 Å². The van der Waals surface area contributed by atoms with Crippen molar-refractivity contribution in [2.24, 2.45) is 0 Å². The van der Waals surface area contributed by atoms with E-state index < -0.39 is 0 Å². The molecule has 2 aromatic heterocycles. The average molecular weight is 480 g/mol. The Balaban J connectivity index is 1.43. The minimum Gasteiger partial charge on any atom is -0.493 e. The van der Waals surface area contributed by atoms with E-state index in [1.54, 1.807) is 6.20 Å². The van der Waals surface area contributed by atoms with E-state index in [0.29, 0.717) is 71.2 Å². The van der Waals surface area contributed by atoms with Crippen molar-refractivity contribution in [2.75, 3.05) is 26.5 Å². The van der Waals surface area contributed by atoms with Gasteiger partial charge in [-0.25, -0.2) is 9.97 Å². The van der Waals surface area contributed by atoms with Gasteiger partial charge in [-0.3, -0.25) is 9.59 Å². The van der Waals surface area contributed by atoms with Crippen LogP contribution in [-0.4, -0.2) is 64.2 Å². The van der Waals surface area contributed by atoms with Gasteiger partial charge in [0.05, 0.1) is 23.3 Å². The largest absolute Gasteiger partial charge is 0.493 e. The maximum atomic E-state index is 13.2. The van der Waals surface area contributed by atoms with E-state index in [9.17, 15) is 9.59 Å². The first kappa shape index (κ1) is 22.9. The van der Waals surface area contributed by atoms with Crippen LogP contribution in [0.15, 0.2) is 24.7 Å². The second-order valence-electron chi connectivity index (χ2n) is 8.65. The summed E-state index contributed by atoms with van der Waals surface area (Å²) in [5.41, 5.74) is 2.82. The normalized spacial score (nSPS) is 15.4. The zero-order valence-electron chi connectivity index (χ0n) is 19.9. The summed E-state index contributed by atoms with van der Waals surface area (Å²) in [6.45, 7) is 5.87. The summed E-state index contributed by atoms with van der Waals surface area (Å²) in [6, 6.07) is 3.67. The quantitative estimate of drug-likeness (QED) is 0.534. The van der Waals surface area contributed by atoms with Gasteiger partial charge in [0.1, 0.15) is 23.3 Å². The molecule has 2 aliphatic heterocycles. The number of likely N-dealkylation sites (tertiary alicyclic amines) is 1. The lowest BCUT2D eigenvalue weighted by molar-refractivity contribution is -0.131. The minimum absolute atomic E-state index is 0.00616. The SMILES string of the molecule is CCCOc1ccc2c(c1-c1ncnc3c(C(=O)NC4CCN(C(=O)CC)CC4)c[nH]c13)OCO2. The van der Waals surface area contributed by atoms with Gasteiger partial charge in [0.15, 0.2) is 11.5 Å². The van der Waals surface area contributed by atoms with E-state index in [0.717, 1.165) is 19.3 Å². The number of H-pyrrole nitrogens is 1. The lowest BCUT2D eigenvalue weighted by atomic mass is 10.0. The van der Waals surface area contributed by atoms with Crippen molar-refractivity contribution in [1.82, 2.24) is 25.2 Å². The standard InChI is InChI=1S/C25H29N5O5/c1-3-11-33-17-5-6-18-24(35-14-34-18)20(17)22-23-21(27-13-28-22)16(12-26-23)25(32)29-15-7-9-30(10-8-15)19(31)4-2/h5-6,12-13,15,26H,3-4,7-11,14H2,1-2H3,(H,29,32). The Bertz CT molecular complexity index is 1250. The highest BCUT2D eigenvalue weighted by Gasteiger charge is 2.28. The highest BCUT2D eigenvalue weighted by atomic mass is 16.7. The first-order valence-corrected chi connectivity index (χ1v) is 12.1. The van der Waals surface area contributed by atoms with Gasteiger partial charge in [0.25, 0.3) is 5.91 Å². The Morgan fingerprint density at radius 3 is 2.80 bits per heavy atom. The molecule has 1 aromatic carbocycles. The second kappa shape index (κ2) is 9.81. The fraction of sp³-hybridized carbons (Fsp3) is 0.440. The maximum Gasteiger partial charge on any atom is 0.255 e. The van der Waals surface area contributed by atoms with Crippen molar-refractivity contribution in [3.05, 3.63) is 30.2 Å². The molecular formula is C25H29N5O5. The molecule has 3 aromatic rings. The van der Waals surface area contributed by atoms with Crippen molar-refractivity contribution in [1.29, 1.82) is 0 Å². The minimum atomic E-state index is -0.207. The Hall–Kier alpha value is -3.82. The van der Waals surface area contributed by atoms with Crippen molar-refractivity contribution in [3.8, 4) is 28.5 Å². The highest BCUT2D eigenvalue weighted by molar-refractivity contribution is 6.08. The average Bonchev–Trinajstić information content (AvgIpc) is 3.54. The van der Waals surface area contributed by atoms with E-state index in [2.05, 4.69) is 20.3 Å². The summed E-state index contributed by atoms with van der Waals surface area (Å²) in [5, 5.41) is 3.10. The van der Waals surface area contributed by atoms with Crippen LogP contribution >= 0.6 is 0 Å². The number of piperidine rings is 1. The topological polar surface area (TPSA) is 119 Å². The van der Waals surface area contributed by atoms with E-state index in [1.807, 2.05) is 30.9 Å². The molecule has 2 amide bonds. The molecule has 5 rings (SSSR count). The number of hydrogen-bond donors (Lipinski definition) is 2. The number of aromatic amines is 1. The molecule has 0 saturated carbocycles. The fourth-order valence-corrected chi connectivity index (χ4v) is 4.57. The van der Waals surface area contributed by atoms with Crippen LogP contribution in [0.2, 0.25) is 0 Å². The lowest BCUT2D eigenvalue weighted by Crippen LogP contribution is -2.46. The number of ether oxygens (including phenoxy) is 3. The number of nitrogens with one attached hydrogen (secondary N) is 2. The maximum absolute atomic E-state index is 13.2. The zero-order chi connectivity index (χ0) is 24.4. The van der Waals surface area contributed by atoms with E-state index in [-0.39, 0.29) is 24.6 Å². The molecule has 2 aliphatic rings. The summed E-state index contributed by atoms with van der Waals surface area (Å²) >= 11 is 0. The van der Waals surface area contributed by atoms with Gasteiger partial charge < -0.3 is 29.4 Å². The van der Waals surface area contributed by atoms with E-state index in [4.69, 9.17) is 14.2 Å². The van der Waals surface area contributed by atoms with Crippen LogP contribution in [0, 0.1) is 0 Å². The number of carbonyl (C=O) groups is 2. The molecule has 2 N–H and O–H groups in total. The Labute approximate surface area is 203 Å². The lowest BCUT2D eigenvalue weighted by Gasteiger charge is -2.32.